The van der Waals surface area contributed by atoms with Gasteiger partial charge in [0.15, 0.2) is 0 Å². The Bertz CT molecular complexity index is 748. The Kier molecular flexibility index (Phi) is 3.64. The van der Waals surface area contributed by atoms with Crippen LogP contribution in [-0.4, -0.2) is 40.8 Å². The maximum atomic E-state index is 12.9. The zero-order valence-corrected chi connectivity index (χ0v) is 13.2. The Morgan fingerprint density at radius 3 is 2.86 bits per heavy atom. The van der Waals surface area contributed by atoms with Crippen molar-refractivity contribution in [2.24, 2.45) is 0 Å². The second kappa shape index (κ2) is 5.48. The molecule has 22 heavy (non-hydrogen) atoms. The number of amides is 2. The van der Waals surface area contributed by atoms with Gasteiger partial charge in [0.2, 0.25) is 5.91 Å². The molecule has 1 aliphatic heterocycles. The molecule has 1 atom stereocenters. The molecule has 0 saturated carbocycles. The van der Waals surface area contributed by atoms with Crippen molar-refractivity contribution in [3.05, 3.63) is 35.0 Å². The number of hydrogen-bond acceptors (Lipinski definition) is 2. The predicted octanol–water partition coefficient (Wildman–Crippen LogP) is 2.14. The normalized spacial score (nSPS) is 19.1. The summed E-state index contributed by atoms with van der Waals surface area (Å²) >= 11 is 0. The van der Waals surface area contributed by atoms with Gasteiger partial charge in [0.25, 0.3) is 5.91 Å². The van der Waals surface area contributed by atoms with Gasteiger partial charge in [-0.2, -0.15) is 0 Å². The minimum atomic E-state index is -0.442. The Balaban J connectivity index is 2.01. The number of aromatic amines is 1. The SMILES string of the molecule is Cc1ccc2[nH]c(C(=O)N3CCCNC(=O)C3C)c(C)c2c1. The van der Waals surface area contributed by atoms with Crippen LogP contribution in [0.4, 0.5) is 0 Å². The zero-order chi connectivity index (χ0) is 15.9. The summed E-state index contributed by atoms with van der Waals surface area (Å²) in [6.07, 6.45) is 0.778. The lowest BCUT2D eigenvalue weighted by Gasteiger charge is -2.25. The average molecular weight is 299 g/mol. The number of aromatic nitrogens is 1. The van der Waals surface area contributed by atoms with Gasteiger partial charge in [0, 0.05) is 24.0 Å². The number of fused-ring (bicyclic) bond motifs is 1. The lowest BCUT2D eigenvalue weighted by atomic mass is 10.1. The summed E-state index contributed by atoms with van der Waals surface area (Å²) in [5.41, 5.74) is 3.65. The molecular weight excluding hydrogens is 278 g/mol. The van der Waals surface area contributed by atoms with Crippen LogP contribution in [-0.2, 0) is 4.79 Å². The number of aryl methyl sites for hydroxylation is 2. The number of rotatable bonds is 1. The van der Waals surface area contributed by atoms with Gasteiger partial charge in [-0.15, -0.1) is 0 Å². The Labute approximate surface area is 129 Å². The Morgan fingerprint density at radius 1 is 1.32 bits per heavy atom. The molecule has 3 rings (SSSR count). The topological polar surface area (TPSA) is 65.2 Å². The smallest absolute Gasteiger partial charge is 0.271 e. The van der Waals surface area contributed by atoms with Crippen LogP contribution in [0.3, 0.4) is 0 Å². The van der Waals surface area contributed by atoms with Gasteiger partial charge < -0.3 is 15.2 Å². The van der Waals surface area contributed by atoms with E-state index in [1.165, 1.54) is 0 Å². The average Bonchev–Trinajstić information content (AvgIpc) is 2.72. The van der Waals surface area contributed by atoms with Crippen LogP contribution in [0.2, 0.25) is 0 Å². The maximum absolute atomic E-state index is 12.9. The van der Waals surface area contributed by atoms with Crippen LogP contribution in [0, 0.1) is 13.8 Å². The third kappa shape index (κ3) is 2.36. The molecule has 1 aromatic carbocycles. The number of carbonyl (C=O) groups is 2. The first kappa shape index (κ1) is 14.6. The summed E-state index contributed by atoms with van der Waals surface area (Å²) in [5, 5.41) is 3.90. The zero-order valence-electron chi connectivity index (χ0n) is 13.2. The Hall–Kier alpha value is -2.30. The monoisotopic (exact) mass is 299 g/mol. The van der Waals surface area contributed by atoms with Crippen molar-refractivity contribution >= 4 is 22.7 Å². The van der Waals surface area contributed by atoms with E-state index >= 15 is 0 Å². The molecule has 1 aromatic heterocycles. The number of benzene rings is 1. The van der Waals surface area contributed by atoms with E-state index in [1.54, 1.807) is 11.8 Å². The van der Waals surface area contributed by atoms with Gasteiger partial charge in [0.05, 0.1) is 0 Å². The molecule has 1 fully saturated rings. The number of nitrogens with one attached hydrogen (secondary N) is 2. The first-order valence-electron chi connectivity index (χ1n) is 7.66. The molecule has 0 radical (unpaired) electrons. The molecule has 2 heterocycles. The molecule has 1 unspecified atom stereocenters. The van der Waals surface area contributed by atoms with E-state index in [1.807, 2.05) is 26.0 Å². The summed E-state index contributed by atoms with van der Waals surface area (Å²) in [6, 6.07) is 5.65. The molecule has 2 amide bonds. The fourth-order valence-electron chi connectivity index (χ4n) is 3.02. The first-order chi connectivity index (χ1) is 10.5. The predicted molar refractivity (Wildman–Crippen MR) is 85.9 cm³/mol. The van der Waals surface area contributed by atoms with Crippen LogP contribution in [0.15, 0.2) is 18.2 Å². The Morgan fingerprint density at radius 2 is 2.09 bits per heavy atom. The molecule has 116 valence electrons. The third-order valence-electron chi connectivity index (χ3n) is 4.41. The van der Waals surface area contributed by atoms with Crippen molar-refractivity contribution in [2.75, 3.05) is 13.1 Å². The van der Waals surface area contributed by atoms with Gasteiger partial charge in [0.1, 0.15) is 11.7 Å². The molecule has 5 nitrogen and oxygen atoms in total. The number of nitrogens with zero attached hydrogens (tertiary/aromatic N) is 1. The number of H-pyrrole nitrogens is 1. The molecular formula is C17H21N3O2. The molecule has 5 heteroatoms. The second-order valence-corrected chi connectivity index (χ2v) is 5.99. The number of carbonyl (C=O) groups excluding carboxylic acids is 2. The first-order valence-corrected chi connectivity index (χ1v) is 7.66. The van der Waals surface area contributed by atoms with E-state index in [0.29, 0.717) is 18.8 Å². The molecule has 2 N–H and O–H groups in total. The van der Waals surface area contributed by atoms with E-state index in [0.717, 1.165) is 28.5 Å². The second-order valence-electron chi connectivity index (χ2n) is 5.99. The van der Waals surface area contributed by atoms with Crippen LogP contribution >= 0.6 is 0 Å². The fourth-order valence-corrected chi connectivity index (χ4v) is 3.02. The van der Waals surface area contributed by atoms with Gasteiger partial charge in [-0.25, -0.2) is 0 Å². The summed E-state index contributed by atoms with van der Waals surface area (Å²) in [6.45, 7) is 6.98. The van der Waals surface area contributed by atoms with Crippen molar-refractivity contribution in [1.29, 1.82) is 0 Å². The summed E-state index contributed by atoms with van der Waals surface area (Å²) in [4.78, 5) is 29.7. The summed E-state index contributed by atoms with van der Waals surface area (Å²) < 4.78 is 0. The standard InChI is InChI=1S/C17H21N3O2/c1-10-5-6-14-13(9-10)11(2)15(19-14)17(22)20-8-4-7-18-16(21)12(20)3/h5-6,9,12,19H,4,7-8H2,1-3H3,(H,18,21). The van der Waals surface area contributed by atoms with Gasteiger partial charge in [-0.05, 0) is 44.9 Å². The highest BCUT2D eigenvalue weighted by Gasteiger charge is 2.30. The van der Waals surface area contributed by atoms with Crippen molar-refractivity contribution in [1.82, 2.24) is 15.2 Å². The van der Waals surface area contributed by atoms with E-state index in [9.17, 15) is 9.59 Å². The molecule has 1 saturated heterocycles. The third-order valence-corrected chi connectivity index (χ3v) is 4.41. The van der Waals surface area contributed by atoms with Crippen LogP contribution in [0.1, 0.15) is 35.0 Å². The van der Waals surface area contributed by atoms with Crippen LogP contribution < -0.4 is 5.32 Å². The lowest BCUT2D eigenvalue weighted by molar-refractivity contribution is -0.124. The molecule has 0 aliphatic carbocycles. The lowest BCUT2D eigenvalue weighted by Crippen LogP contribution is -2.45. The van der Waals surface area contributed by atoms with Gasteiger partial charge in [-0.1, -0.05) is 11.6 Å². The molecule has 0 spiro atoms. The minimum absolute atomic E-state index is 0.0875. The number of hydrogen-bond donors (Lipinski definition) is 2. The summed E-state index contributed by atoms with van der Waals surface area (Å²) in [5.74, 6) is -0.189. The highest BCUT2D eigenvalue weighted by molar-refractivity contribution is 6.02. The van der Waals surface area contributed by atoms with Crippen molar-refractivity contribution in [3.8, 4) is 0 Å². The molecule has 2 aromatic rings. The summed E-state index contributed by atoms with van der Waals surface area (Å²) in [7, 11) is 0. The van der Waals surface area contributed by atoms with Crippen molar-refractivity contribution in [3.63, 3.8) is 0 Å². The van der Waals surface area contributed by atoms with Crippen LogP contribution in [0.25, 0.3) is 10.9 Å². The van der Waals surface area contributed by atoms with Crippen molar-refractivity contribution in [2.45, 2.75) is 33.2 Å². The van der Waals surface area contributed by atoms with E-state index in [4.69, 9.17) is 0 Å². The van der Waals surface area contributed by atoms with E-state index in [-0.39, 0.29) is 11.8 Å². The molecule has 0 bridgehead atoms. The van der Waals surface area contributed by atoms with E-state index in [2.05, 4.69) is 16.4 Å². The fraction of sp³-hybridized carbons (Fsp3) is 0.412. The van der Waals surface area contributed by atoms with Gasteiger partial charge >= 0.3 is 0 Å². The largest absolute Gasteiger partial charge is 0.354 e. The quantitative estimate of drug-likeness (QED) is 0.847. The van der Waals surface area contributed by atoms with Crippen molar-refractivity contribution < 1.29 is 9.59 Å². The van der Waals surface area contributed by atoms with Crippen LogP contribution in [0.5, 0.6) is 0 Å². The van der Waals surface area contributed by atoms with E-state index < -0.39 is 6.04 Å². The van der Waals surface area contributed by atoms with Gasteiger partial charge in [-0.3, -0.25) is 9.59 Å². The highest BCUT2D eigenvalue weighted by Crippen LogP contribution is 2.24. The maximum Gasteiger partial charge on any atom is 0.271 e. The highest BCUT2D eigenvalue weighted by atomic mass is 16.2. The molecule has 1 aliphatic rings. The minimum Gasteiger partial charge on any atom is -0.354 e.